The van der Waals surface area contributed by atoms with Gasteiger partial charge in [-0.15, -0.1) is 12.4 Å². The lowest BCUT2D eigenvalue weighted by atomic mass is 9.88. The molecule has 28 heavy (non-hydrogen) atoms. The lowest BCUT2D eigenvalue weighted by Crippen LogP contribution is -2.49. The molecule has 0 aliphatic heterocycles. The summed E-state index contributed by atoms with van der Waals surface area (Å²) in [5, 5.41) is 6.57. The van der Waals surface area contributed by atoms with E-state index < -0.39 is 17.7 Å². The number of nitrogens with one attached hydrogen (secondary N) is 2. The standard InChI is InChI=1S/C20H28N4O3.ClH/c1-14(2)12-17(23-19(26)15-8-4-3-5-9-15)18(25)20(27)24-22-13-16-10-6-7-11-21-16;/h6-7,10-11,13-15,17H,3-5,8-9,12H2,1-2H3,(H,23,26)(H,24,27);1H/b22-13+;. The molecule has 7 nitrogen and oxygen atoms in total. The Labute approximate surface area is 172 Å². The molecule has 154 valence electrons. The largest absolute Gasteiger partial charge is 0.345 e. The van der Waals surface area contributed by atoms with Crippen LogP contribution in [0.25, 0.3) is 0 Å². The van der Waals surface area contributed by atoms with E-state index in [4.69, 9.17) is 0 Å². The first kappa shape index (κ1) is 23.8. The first-order valence-corrected chi connectivity index (χ1v) is 9.56. The van der Waals surface area contributed by atoms with E-state index in [-0.39, 0.29) is 30.2 Å². The van der Waals surface area contributed by atoms with Crippen LogP contribution in [0.2, 0.25) is 0 Å². The number of carbonyl (C=O) groups is 3. The first-order chi connectivity index (χ1) is 13.0. The Bertz CT molecular complexity index is 673. The molecule has 1 aromatic heterocycles. The van der Waals surface area contributed by atoms with Gasteiger partial charge in [-0.1, -0.05) is 39.2 Å². The van der Waals surface area contributed by atoms with Crippen LogP contribution in [0.5, 0.6) is 0 Å². The summed E-state index contributed by atoms with van der Waals surface area (Å²) in [6, 6.07) is 4.46. The molecule has 0 saturated heterocycles. The zero-order valence-electron chi connectivity index (χ0n) is 16.4. The van der Waals surface area contributed by atoms with Crippen molar-refractivity contribution in [1.82, 2.24) is 15.7 Å². The minimum absolute atomic E-state index is 0. The molecule has 0 bridgehead atoms. The number of carbonyl (C=O) groups excluding carboxylic acids is 3. The maximum atomic E-state index is 12.5. The molecule has 1 unspecified atom stereocenters. The summed E-state index contributed by atoms with van der Waals surface area (Å²) in [6.07, 6.45) is 8.28. The van der Waals surface area contributed by atoms with Gasteiger partial charge in [0, 0.05) is 12.1 Å². The van der Waals surface area contributed by atoms with Crippen LogP contribution in [0, 0.1) is 11.8 Å². The maximum Gasteiger partial charge on any atom is 0.309 e. The van der Waals surface area contributed by atoms with E-state index in [0.717, 1.165) is 32.1 Å². The molecule has 0 spiro atoms. The van der Waals surface area contributed by atoms with E-state index in [2.05, 4.69) is 20.8 Å². The van der Waals surface area contributed by atoms with E-state index in [9.17, 15) is 14.4 Å². The van der Waals surface area contributed by atoms with Gasteiger partial charge in [0.25, 0.3) is 0 Å². The van der Waals surface area contributed by atoms with Crippen molar-refractivity contribution in [3.05, 3.63) is 30.1 Å². The molecule has 1 aromatic rings. The SMILES string of the molecule is CC(C)CC(NC(=O)C1CCCCC1)C(=O)C(=O)N/N=C/c1ccccn1.Cl. The van der Waals surface area contributed by atoms with Crippen molar-refractivity contribution in [2.75, 3.05) is 0 Å². The van der Waals surface area contributed by atoms with Crippen LogP contribution in [0.15, 0.2) is 29.5 Å². The molecular formula is C20H29ClN4O3. The maximum absolute atomic E-state index is 12.5. The van der Waals surface area contributed by atoms with Crippen LogP contribution >= 0.6 is 12.4 Å². The lowest BCUT2D eigenvalue weighted by Gasteiger charge is -2.24. The van der Waals surface area contributed by atoms with Crippen LogP contribution in [0.3, 0.4) is 0 Å². The highest BCUT2D eigenvalue weighted by molar-refractivity contribution is 6.38. The lowest BCUT2D eigenvalue weighted by molar-refractivity contribution is -0.140. The van der Waals surface area contributed by atoms with Crippen molar-refractivity contribution in [3.8, 4) is 0 Å². The van der Waals surface area contributed by atoms with Gasteiger partial charge in [0.2, 0.25) is 11.7 Å². The Morgan fingerprint density at radius 1 is 1.21 bits per heavy atom. The smallest absolute Gasteiger partial charge is 0.309 e. The fraction of sp³-hybridized carbons (Fsp3) is 0.550. The van der Waals surface area contributed by atoms with Gasteiger partial charge in [0.15, 0.2) is 0 Å². The van der Waals surface area contributed by atoms with Gasteiger partial charge in [0.05, 0.1) is 18.0 Å². The van der Waals surface area contributed by atoms with Crippen LogP contribution in [0.4, 0.5) is 0 Å². The van der Waals surface area contributed by atoms with Gasteiger partial charge in [0.1, 0.15) is 0 Å². The third kappa shape index (κ3) is 7.76. The van der Waals surface area contributed by atoms with Crippen molar-refractivity contribution in [2.45, 2.75) is 58.4 Å². The number of hydrogen-bond donors (Lipinski definition) is 2. The third-order valence-electron chi connectivity index (χ3n) is 4.59. The van der Waals surface area contributed by atoms with Crippen LogP contribution in [-0.2, 0) is 14.4 Å². The summed E-state index contributed by atoms with van der Waals surface area (Å²) in [7, 11) is 0. The zero-order chi connectivity index (χ0) is 19.6. The molecule has 0 radical (unpaired) electrons. The van der Waals surface area contributed by atoms with Gasteiger partial charge in [-0.25, -0.2) is 5.43 Å². The molecule has 1 aliphatic carbocycles. The van der Waals surface area contributed by atoms with E-state index in [1.165, 1.54) is 6.21 Å². The van der Waals surface area contributed by atoms with Crippen molar-refractivity contribution in [1.29, 1.82) is 0 Å². The normalized spacial score (nSPS) is 15.7. The number of hydrogen-bond acceptors (Lipinski definition) is 5. The second kappa shape index (κ2) is 12.2. The molecule has 8 heteroatoms. The Morgan fingerprint density at radius 2 is 1.93 bits per heavy atom. The summed E-state index contributed by atoms with van der Waals surface area (Å²) < 4.78 is 0. The Balaban J connectivity index is 0.00000392. The first-order valence-electron chi connectivity index (χ1n) is 9.56. The van der Waals surface area contributed by atoms with Crippen molar-refractivity contribution < 1.29 is 14.4 Å². The molecule has 1 aliphatic rings. The van der Waals surface area contributed by atoms with E-state index in [1.54, 1.807) is 24.4 Å². The third-order valence-corrected chi connectivity index (χ3v) is 4.59. The van der Waals surface area contributed by atoms with Gasteiger partial charge in [-0.3, -0.25) is 19.4 Å². The number of ketones is 1. The summed E-state index contributed by atoms with van der Waals surface area (Å²) in [5.41, 5.74) is 2.79. The fourth-order valence-corrected chi connectivity index (χ4v) is 3.18. The number of nitrogens with zero attached hydrogens (tertiary/aromatic N) is 2. The average molecular weight is 409 g/mol. The highest BCUT2D eigenvalue weighted by atomic mass is 35.5. The van der Waals surface area contributed by atoms with Crippen LogP contribution < -0.4 is 10.7 Å². The number of amides is 2. The van der Waals surface area contributed by atoms with Crippen molar-refractivity contribution in [2.24, 2.45) is 16.9 Å². The molecule has 2 amide bonds. The highest BCUT2D eigenvalue weighted by Gasteiger charge is 2.30. The number of halogens is 1. The second-order valence-electron chi connectivity index (χ2n) is 7.34. The molecule has 1 atom stereocenters. The number of hydrazone groups is 1. The second-order valence-corrected chi connectivity index (χ2v) is 7.34. The van der Waals surface area contributed by atoms with E-state index in [0.29, 0.717) is 12.1 Å². The minimum atomic E-state index is -0.836. The predicted octanol–water partition coefficient (Wildman–Crippen LogP) is 2.63. The fourth-order valence-electron chi connectivity index (χ4n) is 3.18. The highest BCUT2D eigenvalue weighted by Crippen LogP contribution is 2.24. The summed E-state index contributed by atoms with van der Waals surface area (Å²) in [5.74, 6) is -1.54. The number of rotatable bonds is 8. The Hall–Kier alpha value is -2.28. The molecule has 0 aromatic carbocycles. The number of Topliss-reactive ketones (excluding diaryl/α,β-unsaturated/α-hetero) is 1. The molecule has 2 N–H and O–H groups in total. The Morgan fingerprint density at radius 3 is 2.54 bits per heavy atom. The van der Waals surface area contributed by atoms with Crippen LogP contribution in [0.1, 0.15) is 58.1 Å². The minimum Gasteiger partial charge on any atom is -0.345 e. The summed E-state index contributed by atoms with van der Waals surface area (Å²) in [6.45, 7) is 3.90. The monoisotopic (exact) mass is 408 g/mol. The molecule has 1 saturated carbocycles. The average Bonchev–Trinajstić information content (AvgIpc) is 2.68. The summed E-state index contributed by atoms with van der Waals surface area (Å²) >= 11 is 0. The molecule has 1 heterocycles. The number of pyridine rings is 1. The Kier molecular flexibility index (Phi) is 10.4. The van der Waals surface area contributed by atoms with E-state index in [1.807, 2.05) is 13.8 Å². The number of aromatic nitrogens is 1. The van der Waals surface area contributed by atoms with E-state index >= 15 is 0 Å². The van der Waals surface area contributed by atoms with Gasteiger partial charge in [-0.05, 0) is 37.3 Å². The van der Waals surface area contributed by atoms with Crippen molar-refractivity contribution in [3.63, 3.8) is 0 Å². The molecular weight excluding hydrogens is 380 g/mol. The van der Waals surface area contributed by atoms with Gasteiger partial charge < -0.3 is 5.32 Å². The predicted molar refractivity (Wildman–Crippen MR) is 110 cm³/mol. The zero-order valence-corrected chi connectivity index (χ0v) is 17.2. The summed E-state index contributed by atoms with van der Waals surface area (Å²) in [4.78, 5) is 41.2. The topological polar surface area (TPSA) is 101 Å². The quantitative estimate of drug-likeness (QED) is 0.392. The van der Waals surface area contributed by atoms with Gasteiger partial charge in [-0.2, -0.15) is 5.10 Å². The van der Waals surface area contributed by atoms with Gasteiger partial charge >= 0.3 is 5.91 Å². The van der Waals surface area contributed by atoms with Crippen LogP contribution in [-0.4, -0.2) is 34.8 Å². The molecule has 1 fully saturated rings. The molecule has 2 rings (SSSR count). The van der Waals surface area contributed by atoms with Crippen molar-refractivity contribution >= 4 is 36.2 Å².